The highest BCUT2D eigenvalue weighted by Crippen LogP contribution is 2.06. The Morgan fingerprint density at radius 1 is 1.19 bits per heavy atom. The van der Waals surface area contributed by atoms with Crippen LogP contribution in [0.25, 0.3) is 0 Å². The highest BCUT2D eigenvalue weighted by molar-refractivity contribution is 5.22. The first-order valence-electron chi connectivity index (χ1n) is 6.14. The Balaban J connectivity index is 2.27. The third-order valence-electron chi connectivity index (χ3n) is 2.59. The Bertz CT molecular complexity index is 286. The molecule has 0 atom stereocenters. The molecule has 0 saturated carbocycles. The van der Waals surface area contributed by atoms with Gasteiger partial charge in [-0.1, -0.05) is 44.0 Å². The lowest BCUT2D eigenvalue weighted by Crippen LogP contribution is -2.14. The van der Waals surface area contributed by atoms with Crippen molar-refractivity contribution in [3.63, 3.8) is 0 Å². The summed E-state index contributed by atoms with van der Waals surface area (Å²) in [5.41, 5.74) is 2.58. The molecule has 0 radical (unpaired) electrons. The fourth-order valence-corrected chi connectivity index (χ4v) is 1.73. The van der Waals surface area contributed by atoms with Gasteiger partial charge in [-0.2, -0.15) is 0 Å². The summed E-state index contributed by atoms with van der Waals surface area (Å²) in [6, 6.07) is 8.56. The van der Waals surface area contributed by atoms with Crippen molar-refractivity contribution in [2.75, 3.05) is 13.7 Å². The molecule has 1 rings (SSSR count). The van der Waals surface area contributed by atoms with Crippen molar-refractivity contribution in [1.29, 1.82) is 0 Å². The predicted molar refractivity (Wildman–Crippen MR) is 68.4 cm³/mol. The molecule has 0 amide bonds. The average molecular weight is 221 g/mol. The van der Waals surface area contributed by atoms with Gasteiger partial charge >= 0.3 is 0 Å². The van der Waals surface area contributed by atoms with E-state index in [1.807, 2.05) is 0 Å². The van der Waals surface area contributed by atoms with Gasteiger partial charge in [-0.15, -0.1) is 0 Å². The molecule has 0 aliphatic heterocycles. The molecule has 1 aromatic rings. The minimum absolute atomic E-state index is 0.698. The monoisotopic (exact) mass is 221 g/mol. The fourth-order valence-electron chi connectivity index (χ4n) is 1.73. The zero-order chi connectivity index (χ0) is 11.6. The molecule has 2 nitrogen and oxygen atoms in total. The van der Waals surface area contributed by atoms with Crippen LogP contribution in [0.2, 0.25) is 0 Å². The molecule has 0 aliphatic rings. The summed E-state index contributed by atoms with van der Waals surface area (Å²) in [7, 11) is 1.73. The molecule has 1 aromatic carbocycles. The van der Waals surface area contributed by atoms with Crippen LogP contribution < -0.4 is 5.32 Å². The molecule has 0 aromatic heterocycles. The van der Waals surface area contributed by atoms with Crippen molar-refractivity contribution in [2.24, 2.45) is 0 Å². The van der Waals surface area contributed by atoms with Crippen LogP contribution in [0.5, 0.6) is 0 Å². The molecular formula is C14H23NO. The third-order valence-corrected chi connectivity index (χ3v) is 2.59. The summed E-state index contributed by atoms with van der Waals surface area (Å²) in [5, 5.41) is 3.46. The van der Waals surface area contributed by atoms with Crippen LogP contribution in [0.15, 0.2) is 24.3 Å². The Hall–Kier alpha value is -0.860. The number of benzene rings is 1. The Labute approximate surface area is 99.0 Å². The highest BCUT2D eigenvalue weighted by atomic mass is 16.5. The van der Waals surface area contributed by atoms with Gasteiger partial charge in [-0.3, -0.25) is 0 Å². The van der Waals surface area contributed by atoms with E-state index < -0.39 is 0 Å². The van der Waals surface area contributed by atoms with Crippen LogP contribution in [0.4, 0.5) is 0 Å². The quantitative estimate of drug-likeness (QED) is 0.681. The molecule has 16 heavy (non-hydrogen) atoms. The molecule has 0 fully saturated rings. The molecule has 2 heteroatoms. The van der Waals surface area contributed by atoms with E-state index in [1.54, 1.807) is 7.11 Å². The molecule has 0 bridgehead atoms. The van der Waals surface area contributed by atoms with Crippen molar-refractivity contribution >= 4 is 0 Å². The van der Waals surface area contributed by atoms with Gasteiger partial charge < -0.3 is 10.1 Å². The van der Waals surface area contributed by atoms with E-state index in [0.717, 1.165) is 13.1 Å². The Morgan fingerprint density at radius 3 is 2.75 bits per heavy atom. The van der Waals surface area contributed by atoms with E-state index in [9.17, 15) is 0 Å². The van der Waals surface area contributed by atoms with Crippen LogP contribution in [0.3, 0.4) is 0 Å². The standard InChI is InChI=1S/C14H23NO/c1-3-4-5-9-15-11-13-7-6-8-14(10-13)12-16-2/h6-8,10,15H,3-5,9,11-12H2,1-2H3. The van der Waals surface area contributed by atoms with Crippen molar-refractivity contribution in [1.82, 2.24) is 5.32 Å². The first-order valence-corrected chi connectivity index (χ1v) is 6.14. The van der Waals surface area contributed by atoms with Gasteiger partial charge in [0.05, 0.1) is 6.61 Å². The third kappa shape index (κ3) is 5.29. The Kier molecular flexibility index (Phi) is 6.86. The van der Waals surface area contributed by atoms with E-state index in [0.29, 0.717) is 6.61 Å². The van der Waals surface area contributed by atoms with E-state index >= 15 is 0 Å². The number of ether oxygens (including phenoxy) is 1. The summed E-state index contributed by atoms with van der Waals surface area (Å²) < 4.78 is 5.12. The minimum atomic E-state index is 0.698. The summed E-state index contributed by atoms with van der Waals surface area (Å²) in [6.45, 7) is 5.00. The zero-order valence-corrected chi connectivity index (χ0v) is 10.5. The van der Waals surface area contributed by atoms with E-state index in [1.165, 1.54) is 30.4 Å². The van der Waals surface area contributed by atoms with Gasteiger partial charge in [0.25, 0.3) is 0 Å². The van der Waals surface area contributed by atoms with Crippen molar-refractivity contribution in [3.05, 3.63) is 35.4 Å². The summed E-state index contributed by atoms with van der Waals surface area (Å²) in [4.78, 5) is 0. The number of methoxy groups -OCH3 is 1. The lowest BCUT2D eigenvalue weighted by atomic mass is 10.1. The topological polar surface area (TPSA) is 21.3 Å². The number of nitrogens with one attached hydrogen (secondary N) is 1. The number of unbranched alkanes of at least 4 members (excludes halogenated alkanes) is 2. The molecule has 0 aliphatic carbocycles. The number of hydrogen-bond donors (Lipinski definition) is 1. The molecule has 0 heterocycles. The Morgan fingerprint density at radius 2 is 2.00 bits per heavy atom. The van der Waals surface area contributed by atoms with Gasteiger partial charge in [-0.05, 0) is 24.1 Å². The minimum Gasteiger partial charge on any atom is -0.380 e. The van der Waals surface area contributed by atoms with Gasteiger partial charge in [-0.25, -0.2) is 0 Å². The van der Waals surface area contributed by atoms with Crippen LogP contribution in [-0.2, 0) is 17.9 Å². The smallest absolute Gasteiger partial charge is 0.0713 e. The second kappa shape index (κ2) is 8.31. The van der Waals surface area contributed by atoms with Crippen molar-refractivity contribution < 1.29 is 4.74 Å². The lowest BCUT2D eigenvalue weighted by Gasteiger charge is -2.06. The maximum atomic E-state index is 5.12. The highest BCUT2D eigenvalue weighted by Gasteiger charge is 1.95. The predicted octanol–water partition coefficient (Wildman–Crippen LogP) is 3.11. The molecule has 0 unspecified atom stereocenters. The first-order chi connectivity index (χ1) is 7.86. The number of hydrogen-bond acceptors (Lipinski definition) is 2. The van der Waals surface area contributed by atoms with Crippen molar-refractivity contribution in [3.8, 4) is 0 Å². The van der Waals surface area contributed by atoms with E-state index in [4.69, 9.17) is 4.74 Å². The molecule has 0 spiro atoms. The number of rotatable bonds is 8. The SMILES string of the molecule is CCCCCNCc1cccc(COC)c1. The molecule has 90 valence electrons. The molecule has 1 N–H and O–H groups in total. The van der Waals surface area contributed by atoms with Crippen LogP contribution in [0.1, 0.15) is 37.3 Å². The first kappa shape index (κ1) is 13.2. The van der Waals surface area contributed by atoms with E-state index in [2.05, 4.69) is 36.5 Å². The second-order valence-electron chi connectivity index (χ2n) is 4.14. The summed E-state index contributed by atoms with van der Waals surface area (Å²) in [6.07, 6.45) is 3.87. The van der Waals surface area contributed by atoms with Crippen LogP contribution in [-0.4, -0.2) is 13.7 Å². The van der Waals surface area contributed by atoms with Crippen molar-refractivity contribution in [2.45, 2.75) is 39.3 Å². The van der Waals surface area contributed by atoms with Gasteiger partial charge in [0, 0.05) is 13.7 Å². The van der Waals surface area contributed by atoms with Gasteiger partial charge in [0.1, 0.15) is 0 Å². The second-order valence-corrected chi connectivity index (χ2v) is 4.14. The van der Waals surface area contributed by atoms with Gasteiger partial charge in [0.2, 0.25) is 0 Å². The summed E-state index contributed by atoms with van der Waals surface area (Å²) >= 11 is 0. The lowest BCUT2D eigenvalue weighted by molar-refractivity contribution is 0.185. The molecular weight excluding hydrogens is 198 g/mol. The van der Waals surface area contributed by atoms with Crippen LogP contribution >= 0.6 is 0 Å². The van der Waals surface area contributed by atoms with Crippen LogP contribution in [0, 0.1) is 0 Å². The van der Waals surface area contributed by atoms with E-state index in [-0.39, 0.29) is 0 Å². The van der Waals surface area contributed by atoms with Gasteiger partial charge in [0.15, 0.2) is 0 Å². The zero-order valence-electron chi connectivity index (χ0n) is 10.5. The largest absolute Gasteiger partial charge is 0.380 e. The average Bonchev–Trinajstić information content (AvgIpc) is 2.30. The summed E-state index contributed by atoms with van der Waals surface area (Å²) in [5.74, 6) is 0. The normalized spacial score (nSPS) is 10.6. The fraction of sp³-hybridized carbons (Fsp3) is 0.571. The molecule has 0 saturated heterocycles. The maximum Gasteiger partial charge on any atom is 0.0713 e. The maximum absolute atomic E-state index is 5.12.